The van der Waals surface area contributed by atoms with E-state index in [0.29, 0.717) is 5.69 Å². The van der Waals surface area contributed by atoms with Gasteiger partial charge in [-0.25, -0.2) is 4.90 Å². The molecule has 0 fully saturated rings. The highest BCUT2D eigenvalue weighted by Gasteiger charge is 2.26. The summed E-state index contributed by atoms with van der Waals surface area (Å²) >= 11 is 0. The molecular formula is C16H19NO2. The Kier molecular flexibility index (Phi) is 3.56. The molecule has 0 atom stereocenters. The fourth-order valence-electron chi connectivity index (χ4n) is 2.49. The predicted octanol–water partition coefficient (Wildman–Crippen LogP) is 3.19. The third kappa shape index (κ3) is 2.60. The van der Waals surface area contributed by atoms with Gasteiger partial charge in [0.2, 0.25) is 0 Å². The zero-order valence-corrected chi connectivity index (χ0v) is 11.6. The summed E-state index contributed by atoms with van der Waals surface area (Å²) < 4.78 is 0. The number of carbonyl (C=O) groups is 2. The van der Waals surface area contributed by atoms with Crippen LogP contribution in [0.3, 0.4) is 0 Å². The molecule has 1 heterocycles. The molecule has 2 amide bonds. The van der Waals surface area contributed by atoms with Crippen molar-refractivity contribution in [3.05, 3.63) is 42.0 Å². The Morgan fingerprint density at radius 2 is 1.53 bits per heavy atom. The lowest BCUT2D eigenvalue weighted by atomic mass is 9.81. The molecule has 1 aromatic carbocycles. The van der Waals surface area contributed by atoms with Crippen molar-refractivity contribution in [1.82, 2.24) is 0 Å². The third-order valence-corrected chi connectivity index (χ3v) is 3.59. The average Bonchev–Trinajstić information content (AvgIpc) is 2.69. The second-order valence-corrected chi connectivity index (χ2v) is 5.53. The number of nitrogens with zero attached hydrogens (tertiary/aromatic N) is 1. The minimum Gasteiger partial charge on any atom is -0.269 e. The molecule has 3 heteroatoms. The molecule has 1 aliphatic rings. The van der Waals surface area contributed by atoms with E-state index in [9.17, 15) is 9.59 Å². The van der Waals surface area contributed by atoms with Crippen LogP contribution in [0.1, 0.15) is 39.2 Å². The summed E-state index contributed by atoms with van der Waals surface area (Å²) in [4.78, 5) is 24.4. The molecular weight excluding hydrogens is 238 g/mol. The van der Waals surface area contributed by atoms with E-state index in [-0.39, 0.29) is 17.2 Å². The smallest absolute Gasteiger partial charge is 0.258 e. The van der Waals surface area contributed by atoms with Crippen LogP contribution in [0.4, 0.5) is 5.69 Å². The highest BCUT2D eigenvalue weighted by Crippen LogP contribution is 2.30. The number of carbonyl (C=O) groups excluding carboxylic acids is 2. The Balaban J connectivity index is 2.24. The Bertz CT molecular complexity index is 508. The van der Waals surface area contributed by atoms with E-state index >= 15 is 0 Å². The van der Waals surface area contributed by atoms with E-state index in [1.807, 2.05) is 24.3 Å². The van der Waals surface area contributed by atoms with Crippen molar-refractivity contribution in [2.45, 2.75) is 39.0 Å². The van der Waals surface area contributed by atoms with Gasteiger partial charge in [0.25, 0.3) is 11.8 Å². The monoisotopic (exact) mass is 257 g/mol. The second kappa shape index (κ2) is 5.00. The summed E-state index contributed by atoms with van der Waals surface area (Å²) in [5.41, 5.74) is 1.98. The quantitative estimate of drug-likeness (QED) is 0.777. The van der Waals surface area contributed by atoms with Crippen molar-refractivity contribution in [2.24, 2.45) is 0 Å². The fraction of sp³-hybridized carbons (Fsp3) is 0.375. The van der Waals surface area contributed by atoms with Crippen LogP contribution < -0.4 is 4.90 Å². The van der Waals surface area contributed by atoms with Crippen LogP contribution in [-0.2, 0) is 15.0 Å². The van der Waals surface area contributed by atoms with Gasteiger partial charge in [0, 0.05) is 12.2 Å². The van der Waals surface area contributed by atoms with E-state index < -0.39 is 0 Å². The summed E-state index contributed by atoms with van der Waals surface area (Å²) in [5, 5.41) is 0. The predicted molar refractivity (Wildman–Crippen MR) is 76.0 cm³/mol. The summed E-state index contributed by atoms with van der Waals surface area (Å²) in [6, 6.07) is 7.69. The first-order valence-corrected chi connectivity index (χ1v) is 6.62. The SMILES string of the molecule is CCCC(C)(C)c1ccc(N2C(=O)C=CC2=O)cc1. The van der Waals surface area contributed by atoms with Crippen LogP contribution in [0.15, 0.2) is 36.4 Å². The van der Waals surface area contributed by atoms with Crippen LogP contribution in [0.25, 0.3) is 0 Å². The first kappa shape index (κ1) is 13.5. The Morgan fingerprint density at radius 3 is 2.00 bits per heavy atom. The van der Waals surface area contributed by atoms with Gasteiger partial charge in [0.05, 0.1) is 5.69 Å². The van der Waals surface area contributed by atoms with Gasteiger partial charge in [0.1, 0.15) is 0 Å². The van der Waals surface area contributed by atoms with Crippen LogP contribution >= 0.6 is 0 Å². The number of rotatable bonds is 4. The standard InChI is InChI=1S/C16H19NO2/c1-4-11-16(2,3)12-5-7-13(8-6-12)17-14(18)9-10-15(17)19/h5-10H,4,11H2,1-3H3. The van der Waals surface area contributed by atoms with Crippen molar-refractivity contribution < 1.29 is 9.59 Å². The Hall–Kier alpha value is -1.90. The molecule has 0 aliphatic carbocycles. The normalized spacial score (nSPS) is 15.4. The maximum atomic E-state index is 11.6. The molecule has 100 valence electrons. The minimum absolute atomic E-state index is 0.116. The zero-order chi connectivity index (χ0) is 14.0. The minimum atomic E-state index is -0.273. The van der Waals surface area contributed by atoms with Gasteiger partial charge in [0.15, 0.2) is 0 Å². The molecule has 0 unspecified atom stereocenters. The number of amides is 2. The van der Waals surface area contributed by atoms with Crippen LogP contribution in [0, 0.1) is 0 Å². The van der Waals surface area contributed by atoms with E-state index in [0.717, 1.165) is 12.8 Å². The number of anilines is 1. The molecule has 0 radical (unpaired) electrons. The molecule has 0 N–H and O–H groups in total. The summed E-state index contributed by atoms with van der Waals surface area (Å²) in [5.74, 6) is -0.545. The second-order valence-electron chi connectivity index (χ2n) is 5.53. The van der Waals surface area contributed by atoms with Crippen molar-refractivity contribution in [2.75, 3.05) is 4.90 Å². The van der Waals surface area contributed by atoms with E-state index in [4.69, 9.17) is 0 Å². The first-order valence-electron chi connectivity index (χ1n) is 6.62. The summed E-state index contributed by atoms with van der Waals surface area (Å²) in [6.07, 6.45) is 4.84. The van der Waals surface area contributed by atoms with E-state index in [1.165, 1.54) is 22.6 Å². The van der Waals surface area contributed by atoms with E-state index in [2.05, 4.69) is 20.8 Å². The highest BCUT2D eigenvalue weighted by atomic mass is 16.2. The third-order valence-electron chi connectivity index (χ3n) is 3.59. The van der Waals surface area contributed by atoms with Gasteiger partial charge in [-0.1, -0.05) is 39.3 Å². The maximum Gasteiger partial charge on any atom is 0.258 e. The summed E-state index contributed by atoms with van der Waals surface area (Å²) in [7, 11) is 0. The fourth-order valence-corrected chi connectivity index (χ4v) is 2.49. The maximum absolute atomic E-state index is 11.6. The molecule has 0 saturated heterocycles. The topological polar surface area (TPSA) is 37.4 Å². The molecule has 1 aromatic rings. The zero-order valence-electron chi connectivity index (χ0n) is 11.6. The molecule has 19 heavy (non-hydrogen) atoms. The van der Waals surface area contributed by atoms with Crippen molar-refractivity contribution in [3.8, 4) is 0 Å². The highest BCUT2D eigenvalue weighted by molar-refractivity contribution is 6.28. The molecule has 0 aromatic heterocycles. The first-order chi connectivity index (χ1) is 8.95. The van der Waals surface area contributed by atoms with Gasteiger partial charge in [-0.3, -0.25) is 9.59 Å². The molecule has 2 rings (SSSR count). The van der Waals surface area contributed by atoms with Gasteiger partial charge < -0.3 is 0 Å². The lowest BCUT2D eigenvalue weighted by Crippen LogP contribution is -2.29. The summed E-state index contributed by atoms with van der Waals surface area (Å²) in [6.45, 7) is 6.59. The van der Waals surface area contributed by atoms with Crippen LogP contribution in [0.2, 0.25) is 0 Å². The lowest BCUT2D eigenvalue weighted by Gasteiger charge is -2.25. The largest absolute Gasteiger partial charge is 0.269 e. The molecule has 3 nitrogen and oxygen atoms in total. The van der Waals surface area contributed by atoms with E-state index in [1.54, 1.807) is 0 Å². The van der Waals surface area contributed by atoms with Crippen molar-refractivity contribution in [3.63, 3.8) is 0 Å². The number of hydrogen-bond acceptors (Lipinski definition) is 2. The number of hydrogen-bond donors (Lipinski definition) is 0. The van der Waals surface area contributed by atoms with Crippen LogP contribution in [0.5, 0.6) is 0 Å². The average molecular weight is 257 g/mol. The molecule has 0 saturated carbocycles. The van der Waals surface area contributed by atoms with Crippen molar-refractivity contribution in [1.29, 1.82) is 0 Å². The van der Waals surface area contributed by atoms with Crippen molar-refractivity contribution >= 4 is 17.5 Å². The lowest BCUT2D eigenvalue weighted by molar-refractivity contribution is -0.119. The van der Waals surface area contributed by atoms with Gasteiger partial charge in [-0.05, 0) is 29.5 Å². The molecule has 0 spiro atoms. The Labute approximate surface area is 113 Å². The molecule has 0 bridgehead atoms. The number of imide groups is 1. The van der Waals surface area contributed by atoms with Gasteiger partial charge in [-0.15, -0.1) is 0 Å². The van der Waals surface area contributed by atoms with Gasteiger partial charge >= 0.3 is 0 Å². The van der Waals surface area contributed by atoms with Crippen LogP contribution in [-0.4, -0.2) is 11.8 Å². The number of benzene rings is 1. The molecule has 1 aliphatic heterocycles. The Morgan fingerprint density at radius 1 is 1.00 bits per heavy atom. The van der Waals surface area contributed by atoms with Gasteiger partial charge in [-0.2, -0.15) is 0 Å².